The fourth-order valence-electron chi connectivity index (χ4n) is 1.06. The van der Waals surface area contributed by atoms with E-state index in [2.05, 4.69) is 11.9 Å². The van der Waals surface area contributed by atoms with Crippen molar-refractivity contribution in [1.82, 2.24) is 4.90 Å². The standard InChI is InChI=1S/C7H14ClNOS/c1-9(3-2-8)4-7-5-11-6-10-7/h7H,2-6H2,1H3. The molecule has 0 saturated carbocycles. The normalized spacial score (nSPS) is 24.8. The zero-order valence-corrected chi connectivity index (χ0v) is 8.33. The summed E-state index contributed by atoms with van der Waals surface area (Å²) in [6, 6.07) is 0. The number of thioether (sulfide) groups is 1. The Balaban J connectivity index is 2.08. The largest absolute Gasteiger partial charge is 0.365 e. The molecule has 0 aliphatic carbocycles. The summed E-state index contributed by atoms with van der Waals surface area (Å²) in [6.45, 7) is 1.96. The van der Waals surface area contributed by atoms with Gasteiger partial charge in [-0.3, -0.25) is 0 Å². The summed E-state index contributed by atoms with van der Waals surface area (Å²) >= 11 is 7.45. The molecule has 0 amide bonds. The average molecular weight is 196 g/mol. The molecule has 4 heteroatoms. The van der Waals surface area contributed by atoms with Gasteiger partial charge >= 0.3 is 0 Å². The van der Waals surface area contributed by atoms with E-state index in [1.807, 2.05) is 11.8 Å². The van der Waals surface area contributed by atoms with Crippen LogP contribution in [0.15, 0.2) is 0 Å². The molecule has 1 aliphatic rings. The average Bonchev–Trinajstić information content (AvgIpc) is 2.40. The Bertz CT molecular complexity index is 109. The number of ether oxygens (including phenoxy) is 1. The number of alkyl halides is 1. The van der Waals surface area contributed by atoms with Crippen LogP contribution in [0.1, 0.15) is 0 Å². The lowest BCUT2D eigenvalue weighted by Gasteiger charge is -2.18. The third kappa shape index (κ3) is 3.65. The van der Waals surface area contributed by atoms with E-state index in [-0.39, 0.29) is 0 Å². The van der Waals surface area contributed by atoms with Crippen molar-refractivity contribution >= 4 is 23.4 Å². The molecular weight excluding hydrogens is 182 g/mol. The lowest BCUT2D eigenvalue weighted by atomic mass is 10.4. The maximum Gasteiger partial charge on any atom is 0.0926 e. The van der Waals surface area contributed by atoms with Gasteiger partial charge in [0.05, 0.1) is 12.0 Å². The topological polar surface area (TPSA) is 12.5 Å². The Morgan fingerprint density at radius 1 is 1.73 bits per heavy atom. The number of hydrogen-bond donors (Lipinski definition) is 0. The summed E-state index contributed by atoms with van der Waals surface area (Å²) in [5, 5.41) is 0. The molecule has 11 heavy (non-hydrogen) atoms. The van der Waals surface area contributed by atoms with Crippen LogP contribution in [0, 0.1) is 0 Å². The highest BCUT2D eigenvalue weighted by Crippen LogP contribution is 2.16. The molecule has 1 heterocycles. The summed E-state index contributed by atoms with van der Waals surface area (Å²) in [5.74, 6) is 2.70. The van der Waals surface area contributed by atoms with Crippen molar-refractivity contribution < 1.29 is 4.74 Å². The van der Waals surface area contributed by atoms with Crippen LogP contribution in [-0.4, -0.2) is 48.7 Å². The van der Waals surface area contributed by atoms with E-state index in [0.29, 0.717) is 12.0 Å². The number of nitrogens with zero attached hydrogens (tertiary/aromatic N) is 1. The second-order valence-electron chi connectivity index (χ2n) is 2.73. The van der Waals surface area contributed by atoms with Crippen LogP contribution in [0.3, 0.4) is 0 Å². The van der Waals surface area contributed by atoms with Gasteiger partial charge in [-0.2, -0.15) is 0 Å². The SMILES string of the molecule is CN(CCCl)CC1CSCO1. The van der Waals surface area contributed by atoms with E-state index in [1.165, 1.54) is 0 Å². The highest BCUT2D eigenvalue weighted by molar-refractivity contribution is 7.99. The fraction of sp³-hybridized carbons (Fsp3) is 1.00. The quantitative estimate of drug-likeness (QED) is 0.627. The Kier molecular flexibility index (Phi) is 4.60. The Morgan fingerprint density at radius 3 is 3.09 bits per heavy atom. The van der Waals surface area contributed by atoms with Crippen LogP contribution in [0.25, 0.3) is 0 Å². The molecule has 1 unspecified atom stereocenters. The third-order valence-corrected chi connectivity index (χ3v) is 2.75. The molecule has 0 aromatic heterocycles. The lowest BCUT2D eigenvalue weighted by Crippen LogP contribution is -2.31. The summed E-state index contributed by atoms with van der Waals surface area (Å²) in [4.78, 5) is 2.21. The summed E-state index contributed by atoms with van der Waals surface area (Å²) < 4.78 is 5.45. The summed E-state index contributed by atoms with van der Waals surface area (Å²) in [7, 11) is 2.08. The molecule has 1 saturated heterocycles. The van der Waals surface area contributed by atoms with Crippen molar-refractivity contribution in [3.63, 3.8) is 0 Å². The molecule has 1 fully saturated rings. The van der Waals surface area contributed by atoms with Crippen molar-refractivity contribution in [1.29, 1.82) is 0 Å². The van der Waals surface area contributed by atoms with Gasteiger partial charge in [0.1, 0.15) is 0 Å². The molecule has 0 N–H and O–H groups in total. The van der Waals surface area contributed by atoms with Gasteiger partial charge in [0.25, 0.3) is 0 Å². The first kappa shape index (κ1) is 9.65. The van der Waals surface area contributed by atoms with Gasteiger partial charge in [0, 0.05) is 24.7 Å². The smallest absolute Gasteiger partial charge is 0.0926 e. The second-order valence-corrected chi connectivity index (χ2v) is 4.08. The molecule has 0 aromatic carbocycles. The Hall–Kier alpha value is 0.560. The van der Waals surface area contributed by atoms with Crippen molar-refractivity contribution in [2.75, 3.05) is 37.7 Å². The fourth-order valence-corrected chi connectivity index (χ4v) is 2.20. The van der Waals surface area contributed by atoms with E-state index < -0.39 is 0 Å². The predicted octanol–water partition coefficient (Wildman–Crippen LogP) is 1.25. The van der Waals surface area contributed by atoms with Crippen LogP contribution in [0.2, 0.25) is 0 Å². The van der Waals surface area contributed by atoms with E-state index in [9.17, 15) is 0 Å². The van der Waals surface area contributed by atoms with Crippen molar-refractivity contribution in [3.05, 3.63) is 0 Å². The highest BCUT2D eigenvalue weighted by Gasteiger charge is 2.17. The van der Waals surface area contributed by atoms with Crippen LogP contribution < -0.4 is 0 Å². The summed E-state index contributed by atoms with van der Waals surface area (Å²) in [5.41, 5.74) is 0. The van der Waals surface area contributed by atoms with Gasteiger partial charge in [0.15, 0.2) is 0 Å². The molecule has 0 radical (unpaired) electrons. The minimum atomic E-state index is 0.424. The van der Waals surface area contributed by atoms with E-state index >= 15 is 0 Å². The maximum atomic E-state index is 5.59. The molecule has 0 spiro atoms. The molecule has 2 nitrogen and oxygen atoms in total. The van der Waals surface area contributed by atoms with Gasteiger partial charge in [-0.15, -0.1) is 23.4 Å². The Morgan fingerprint density at radius 2 is 2.55 bits per heavy atom. The highest BCUT2D eigenvalue weighted by atomic mass is 35.5. The zero-order chi connectivity index (χ0) is 8.10. The van der Waals surface area contributed by atoms with Crippen molar-refractivity contribution in [2.24, 2.45) is 0 Å². The molecular formula is C7H14ClNOS. The molecule has 0 aromatic rings. The molecule has 0 bridgehead atoms. The summed E-state index contributed by atoms with van der Waals surface area (Å²) in [6.07, 6.45) is 0.424. The van der Waals surface area contributed by atoms with Crippen molar-refractivity contribution in [2.45, 2.75) is 6.10 Å². The van der Waals surface area contributed by atoms with Gasteiger partial charge in [-0.1, -0.05) is 0 Å². The number of likely N-dealkylation sites (N-methyl/N-ethyl adjacent to an activating group) is 1. The predicted molar refractivity (Wildman–Crippen MR) is 50.4 cm³/mol. The van der Waals surface area contributed by atoms with Gasteiger partial charge < -0.3 is 9.64 Å². The molecule has 1 atom stereocenters. The molecule has 1 rings (SSSR count). The number of halogens is 1. The third-order valence-electron chi connectivity index (χ3n) is 1.67. The van der Waals surface area contributed by atoms with Crippen LogP contribution >= 0.6 is 23.4 Å². The van der Waals surface area contributed by atoms with E-state index in [0.717, 1.165) is 24.8 Å². The molecule has 66 valence electrons. The minimum Gasteiger partial charge on any atom is -0.365 e. The zero-order valence-electron chi connectivity index (χ0n) is 6.75. The second kappa shape index (κ2) is 5.25. The first-order chi connectivity index (χ1) is 5.33. The Labute approximate surface area is 77.2 Å². The van der Waals surface area contributed by atoms with Gasteiger partial charge in [0.2, 0.25) is 0 Å². The molecule has 1 aliphatic heterocycles. The maximum absolute atomic E-state index is 5.59. The van der Waals surface area contributed by atoms with Crippen LogP contribution in [0.4, 0.5) is 0 Å². The van der Waals surface area contributed by atoms with E-state index in [4.69, 9.17) is 16.3 Å². The van der Waals surface area contributed by atoms with Crippen LogP contribution in [0.5, 0.6) is 0 Å². The first-order valence-corrected chi connectivity index (χ1v) is 5.45. The van der Waals surface area contributed by atoms with Crippen molar-refractivity contribution in [3.8, 4) is 0 Å². The lowest BCUT2D eigenvalue weighted by molar-refractivity contribution is 0.0935. The minimum absolute atomic E-state index is 0.424. The number of rotatable bonds is 4. The van der Waals surface area contributed by atoms with Crippen LogP contribution in [-0.2, 0) is 4.74 Å². The monoisotopic (exact) mass is 195 g/mol. The van der Waals surface area contributed by atoms with Gasteiger partial charge in [-0.05, 0) is 7.05 Å². The van der Waals surface area contributed by atoms with E-state index in [1.54, 1.807) is 0 Å². The first-order valence-electron chi connectivity index (χ1n) is 3.77. The number of hydrogen-bond acceptors (Lipinski definition) is 3. The van der Waals surface area contributed by atoms with Gasteiger partial charge in [-0.25, -0.2) is 0 Å².